The van der Waals surface area contributed by atoms with E-state index in [0.29, 0.717) is 25.7 Å². The minimum absolute atomic E-state index is 0. The van der Waals surface area contributed by atoms with E-state index < -0.39 is 5.41 Å². The van der Waals surface area contributed by atoms with Crippen LogP contribution in [0.25, 0.3) is 0 Å². The van der Waals surface area contributed by atoms with Gasteiger partial charge in [0.1, 0.15) is 0 Å². The quantitative estimate of drug-likeness (QED) is 0.268. The molecule has 7 heteroatoms. The van der Waals surface area contributed by atoms with Crippen molar-refractivity contribution in [3.63, 3.8) is 0 Å². The molecule has 1 amide bonds. The summed E-state index contributed by atoms with van der Waals surface area (Å²) in [6.45, 7) is 11.2. The summed E-state index contributed by atoms with van der Waals surface area (Å²) >= 11 is 0. The summed E-state index contributed by atoms with van der Waals surface area (Å²) in [4.78, 5) is 16.4. The number of benzene rings is 1. The molecule has 0 aromatic heterocycles. The van der Waals surface area contributed by atoms with Gasteiger partial charge in [0.05, 0.1) is 25.2 Å². The lowest BCUT2D eigenvalue weighted by atomic mass is 9.93. The van der Waals surface area contributed by atoms with Gasteiger partial charge in [-0.3, -0.25) is 9.79 Å². The number of amides is 1. The molecule has 0 saturated carbocycles. The van der Waals surface area contributed by atoms with E-state index in [1.165, 1.54) is 5.56 Å². The van der Waals surface area contributed by atoms with Crippen molar-refractivity contribution >= 4 is 35.8 Å². The lowest BCUT2D eigenvalue weighted by Crippen LogP contribution is -2.42. The lowest BCUT2D eigenvalue weighted by molar-refractivity contribution is -0.128. The monoisotopic (exact) mass is 490 g/mol. The minimum Gasteiger partial charge on any atom is -0.376 e. The highest BCUT2D eigenvalue weighted by Crippen LogP contribution is 2.15. The number of ether oxygens (including phenoxy) is 1. The molecular formula is C20H35IN4O2. The molecule has 0 aliphatic carbocycles. The van der Waals surface area contributed by atoms with Crippen LogP contribution in [0.1, 0.15) is 33.3 Å². The second-order valence-corrected chi connectivity index (χ2v) is 7.14. The van der Waals surface area contributed by atoms with E-state index in [0.717, 1.165) is 19.0 Å². The highest BCUT2D eigenvalue weighted by atomic mass is 127. The fraction of sp³-hybridized carbons (Fsp3) is 0.600. The maximum atomic E-state index is 11.9. The number of hydrogen-bond acceptors (Lipinski definition) is 3. The molecule has 154 valence electrons. The first kappa shape index (κ1) is 25.6. The van der Waals surface area contributed by atoms with Gasteiger partial charge in [-0.05, 0) is 32.3 Å². The number of carbonyl (C=O) groups is 1. The van der Waals surface area contributed by atoms with Crippen LogP contribution in [0.5, 0.6) is 0 Å². The third-order valence-corrected chi connectivity index (χ3v) is 3.95. The van der Waals surface area contributed by atoms with Crippen molar-refractivity contribution in [2.24, 2.45) is 16.3 Å². The van der Waals surface area contributed by atoms with E-state index >= 15 is 0 Å². The Labute approximate surface area is 181 Å². The standard InChI is InChI=1S/C20H34N4O2.HI/c1-6-22-19(24-15-20(3,4)18(25)21-5)23-12-16(2)13-26-14-17-10-8-7-9-11-17;/h7-11,16H,6,12-15H2,1-5H3,(H,21,25)(H2,22,23,24);1H. The van der Waals surface area contributed by atoms with Gasteiger partial charge in [0, 0.05) is 20.1 Å². The van der Waals surface area contributed by atoms with Gasteiger partial charge in [-0.2, -0.15) is 0 Å². The summed E-state index contributed by atoms with van der Waals surface area (Å²) in [5.41, 5.74) is 0.639. The fourth-order valence-corrected chi connectivity index (χ4v) is 2.31. The van der Waals surface area contributed by atoms with Crippen LogP contribution in [0, 0.1) is 11.3 Å². The van der Waals surface area contributed by atoms with Crippen LogP contribution >= 0.6 is 24.0 Å². The zero-order valence-corrected chi connectivity index (χ0v) is 19.5. The zero-order chi connectivity index (χ0) is 19.4. The smallest absolute Gasteiger partial charge is 0.227 e. The van der Waals surface area contributed by atoms with Gasteiger partial charge in [-0.25, -0.2) is 0 Å². The summed E-state index contributed by atoms with van der Waals surface area (Å²) < 4.78 is 5.78. The van der Waals surface area contributed by atoms with Crippen molar-refractivity contribution in [3.05, 3.63) is 35.9 Å². The van der Waals surface area contributed by atoms with E-state index in [2.05, 4.69) is 40.0 Å². The molecule has 1 aromatic rings. The van der Waals surface area contributed by atoms with Gasteiger partial charge in [0.2, 0.25) is 5.91 Å². The van der Waals surface area contributed by atoms with Crippen LogP contribution < -0.4 is 16.0 Å². The van der Waals surface area contributed by atoms with Crippen molar-refractivity contribution in [2.45, 2.75) is 34.3 Å². The number of rotatable bonds is 10. The average molecular weight is 490 g/mol. The number of nitrogens with one attached hydrogen (secondary N) is 3. The molecule has 1 rings (SSSR count). The Morgan fingerprint density at radius 2 is 1.89 bits per heavy atom. The van der Waals surface area contributed by atoms with Gasteiger partial charge in [-0.15, -0.1) is 24.0 Å². The largest absolute Gasteiger partial charge is 0.376 e. The topological polar surface area (TPSA) is 74.8 Å². The molecule has 1 aromatic carbocycles. The number of nitrogens with zero attached hydrogens (tertiary/aromatic N) is 1. The van der Waals surface area contributed by atoms with Crippen LogP contribution in [-0.2, 0) is 16.1 Å². The lowest BCUT2D eigenvalue weighted by Gasteiger charge is -2.21. The Bertz CT molecular complexity index is 564. The maximum absolute atomic E-state index is 11.9. The highest BCUT2D eigenvalue weighted by molar-refractivity contribution is 14.0. The van der Waals surface area contributed by atoms with Crippen LogP contribution in [-0.4, -0.2) is 45.2 Å². The van der Waals surface area contributed by atoms with Crippen molar-refractivity contribution < 1.29 is 9.53 Å². The summed E-state index contributed by atoms with van der Waals surface area (Å²) in [5, 5.41) is 9.22. The van der Waals surface area contributed by atoms with Gasteiger partial charge >= 0.3 is 0 Å². The summed E-state index contributed by atoms with van der Waals surface area (Å²) in [6, 6.07) is 10.2. The van der Waals surface area contributed by atoms with Crippen LogP contribution in [0.4, 0.5) is 0 Å². The number of carbonyl (C=O) groups excluding carboxylic acids is 1. The Kier molecular flexibility index (Phi) is 13.1. The van der Waals surface area contributed by atoms with E-state index in [9.17, 15) is 4.79 Å². The van der Waals surface area contributed by atoms with Crippen LogP contribution in [0.2, 0.25) is 0 Å². The highest BCUT2D eigenvalue weighted by Gasteiger charge is 2.26. The molecule has 1 atom stereocenters. The molecule has 0 aliphatic rings. The molecule has 27 heavy (non-hydrogen) atoms. The van der Waals surface area contributed by atoms with Gasteiger partial charge in [0.25, 0.3) is 0 Å². The molecule has 0 fully saturated rings. The molecule has 0 radical (unpaired) electrons. The first-order valence-corrected chi connectivity index (χ1v) is 9.25. The number of halogens is 1. The second-order valence-electron chi connectivity index (χ2n) is 7.14. The second kappa shape index (κ2) is 13.8. The number of aliphatic imine (C=N–C) groups is 1. The molecule has 0 bridgehead atoms. The third-order valence-electron chi connectivity index (χ3n) is 3.95. The zero-order valence-electron chi connectivity index (χ0n) is 17.2. The van der Waals surface area contributed by atoms with Crippen molar-refractivity contribution in [1.29, 1.82) is 0 Å². The van der Waals surface area contributed by atoms with Crippen molar-refractivity contribution in [2.75, 3.05) is 33.3 Å². The molecule has 0 saturated heterocycles. The summed E-state index contributed by atoms with van der Waals surface area (Å²) in [7, 11) is 1.65. The Hall–Kier alpha value is -1.35. The van der Waals surface area contributed by atoms with Crippen molar-refractivity contribution in [1.82, 2.24) is 16.0 Å². The van der Waals surface area contributed by atoms with E-state index in [1.807, 2.05) is 39.0 Å². The van der Waals surface area contributed by atoms with Crippen LogP contribution in [0.15, 0.2) is 35.3 Å². The number of guanidine groups is 1. The Balaban J connectivity index is 0.00000676. The van der Waals surface area contributed by atoms with Gasteiger partial charge < -0.3 is 20.7 Å². The molecular weight excluding hydrogens is 455 g/mol. The minimum atomic E-state index is -0.540. The molecule has 3 N–H and O–H groups in total. The predicted octanol–water partition coefficient (Wildman–Crippen LogP) is 2.78. The normalized spacial score (nSPS) is 12.7. The average Bonchev–Trinajstić information content (AvgIpc) is 2.64. The SMILES string of the molecule is CCNC(=NCC(C)(C)C(=O)NC)NCC(C)COCc1ccccc1.I. The van der Waals surface area contributed by atoms with E-state index in [-0.39, 0.29) is 29.9 Å². The predicted molar refractivity (Wildman–Crippen MR) is 123 cm³/mol. The molecule has 0 spiro atoms. The Morgan fingerprint density at radius 1 is 1.22 bits per heavy atom. The molecule has 1 unspecified atom stereocenters. The molecule has 6 nitrogen and oxygen atoms in total. The van der Waals surface area contributed by atoms with E-state index in [4.69, 9.17) is 4.74 Å². The summed E-state index contributed by atoms with van der Waals surface area (Å²) in [6.07, 6.45) is 0. The van der Waals surface area contributed by atoms with E-state index in [1.54, 1.807) is 7.05 Å². The summed E-state index contributed by atoms with van der Waals surface area (Å²) in [5.74, 6) is 1.05. The maximum Gasteiger partial charge on any atom is 0.227 e. The van der Waals surface area contributed by atoms with Crippen molar-refractivity contribution in [3.8, 4) is 0 Å². The molecule has 0 heterocycles. The molecule has 0 aliphatic heterocycles. The first-order chi connectivity index (χ1) is 12.4. The first-order valence-electron chi connectivity index (χ1n) is 9.25. The van der Waals surface area contributed by atoms with Gasteiger partial charge in [0.15, 0.2) is 5.96 Å². The van der Waals surface area contributed by atoms with Gasteiger partial charge in [-0.1, -0.05) is 37.3 Å². The Morgan fingerprint density at radius 3 is 2.48 bits per heavy atom. The number of hydrogen-bond donors (Lipinski definition) is 3. The fourth-order valence-electron chi connectivity index (χ4n) is 2.31. The van der Waals surface area contributed by atoms with Crippen LogP contribution in [0.3, 0.4) is 0 Å². The third kappa shape index (κ3) is 10.5.